The number of hydrogen-bond donors (Lipinski definition) is 3. The van der Waals surface area contributed by atoms with Crippen LogP contribution in [0.1, 0.15) is 5.56 Å². The van der Waals surface area contributed by atoms with Gasteiger partial charge in [-0.2, -0.15) is 0 Å². The molecule has 0 saturated heterocycles. The first-order chi connectivity index (χ1) is 7.84. The lowest BCUT2D eigenvalue weighted by atomic mass is 10.2. The van der Waals surface area contributed by atoms with Crippen molar-refractivity contribution in [2.45, 2.75) is 6.54 Å². The molecule has 1 heterocycles. The molecule has 3 nitrogen and oxygen atoms in total. The summed E-state index contributed by atoms with van der Waals surface area (Å²) < 4.78 is 0. The summed E-state index contributed by atoms with van der Waals surface area (Å²) in [4.78, 5) is 0. The molecule has 80 valence electrons. The molecule has 3 heteroatoms. The zero-order valence-corrected chi connectivity index (χ0v) is 8.70. The summed E-state index contributed by atoms with van der Waals surface area (Å²) >= 11 is 0. The number of nitrogens with one attached hydrogen (secondary N) is 2. The molecule has 1 aliphatic heterocycles. The average Bonchev–Trinajstić information content (AvgIpc) is 2.50. The Morgan fingerprint density at radius 1 is 0.938 bits per heavy atom. The van der Waals surface area contributed by atoms with Crippen LogP contribution in [0, 0.1) is 0 Å². The van der Waals surface area contributed by atoms with E-state index in [1.165, 1.54) is 5.56 Å². The molecule has 2 aromatic rings. The summed E-state index contributed by atoms with van der Waals surface area (Å²) in [6.07, 6.45) is 0. The van der Waals surface area contributed by atoms with Gasteiger partial charge in [-0.25, -0.2) is 0 Å². The van der Waals surface area contributed by atoms with Gasteiger partial charge in [0.05, 0.1) is 5.69 Å². The minimum Gasteiger partial charge on any atom is -0.506 e. The van der Waals surface area contributed by atoms with Crippen LogP contribution < -0.4 is 10.6 Å². The van der Waals surface area contributed by atoms with Crippen molar-refractivity contribution < 1.29 is 5.11 Å². The summed E-state index contributed by atoms with van der Waals surface area (Å²) in [5.41, 5.74) is 3.90. The highest BCUT2D eigenvalue weighted by molar-refractivity contribution is 5.82. The highest BCUT2D eigenvalue weighted by Gasteiger charge is 2.13. The topological polar surface area (TPSA) is 44.3 Å². The third-order valence-electron chi connectivity index (χ3n) is 2.79. The molecule has 3 N–H and O–H groups in total. The van der Waals surface area contributed by atoms with Crippen molar-refractivity contribution in [1.29, 1.82) is 0 Å². The van der Waals surface area contributed by atoms with Crippen LogP contribution in [0.5, 0.6) is 5.75 Å². The second-order valence-corrected chi connectivity index (χ2v) is 3.84. The number of para-hydroxylation sites is 2. The number of benzene rings is 2. The van der Waals surface area contributed by atoms with Gasteiger partial charge in [-0.1, -0.05) is 24.3 Å². The number of fused-ring (bicyclic) bond motifs is 2. The Labute approximate surface area is 93.7 Å². The second kappa shape index (κ2) is 3.45. The minimum atomic E-state index is 0.265. The van der Waals surface area contributed by atoms with Crippen LogP contribution in [0.25, 0.3) is 0 Å². The molecule has 0 spiro atoms. The zero-order chi connectivity index (χ0) is 11.0. The van der Waals surface area contributed by atoms with Gasteiger partial charge in [-0.3, -0.25) is 0 Å². The molecule has 0 atom stereocenters. The van der Waals surface area contributed by atoms with E-state index in [2.05, 4.69) is 16.7 Å². The highest BCUT2D eigenvalue weighted by atomic mass is 16.3. The van der Waals surface area contributed by atoms with Crippen LogP contribution in [0.3, 0.4) is 0 Å². The van der Waals surface area contributed by atoms with Gasteiger partial charge < -0.3 is 15.7 Å². The molecule has 0 radical (unpaired) electrons. The molecule has 1 aliphatic rings. The van der Waals surface area contributed by atoms with Gasteiger partial charge in [0.1, 0.15) is 11.4 Å². The predicted molar refractivity (Wildman–Crippen MR) is 65.2 cm³/mol. The van der Waals surface area contributed by atoms with Crippen molar-refractivity contribution in [2.75, 3.05) is 10.6 Å². The van der Waals surface area contributed by atoms with Gasteiger partial charge in [0.15, 0.2) is 0 Å². The SMILES string of the molecule is Oc1cccc2c1Nc1ccccc1CN2. The fraction of sp³-hybridized carbons (Fsp3) is 0.0769. The molecule has 0 aromatic heterocycles. The highest BCUT2D eigenvalue weighted by Crippen LogP contribution is 2.37. The van der Waals surface area contributed by atoms with E-state index < -0.39 is 0 Å². The number of anilines is 3. The molecule has 0 saturated carbocycles. The lowest BCUT2D eigenvalue weighted by molar-refractivity contribution is 0.478. The molecule has 3 rings (SSSR count). The van der Waals surface area contributed by atoms with E-state index in [1.807, 2.05) is 30.3 Å². The molecule has 0 aliphatic carbocycles. The molecule has 0 bridgehead atoms. The fourth-order valence-electron chi connectivity index (χ4n) is 1.94. The van der Waals surface area contributed by atoms with Crippen LogP contribution in [0.2, 0.25) is 0 Å². The maximum Gasteiger partial charge on any atom is 0.141 e. The van der Waals surface area contributed by atoms with Gasteiger partial charge in [-0.15, -0.1) is 0 Å². The van der Waals surface area contributed by atoms with Crippen molar-refractivity contribution >= 4 is 17.1 Å². The van der Waals surface area contributed by atoms with Crippen molar-refractivity contribution in [3.05, 3.63) is 48.0 Å². The molecule has 0 unspecified atom stereocenters. The molecule has 2 aromatic carbocycles. The third-order valence-corrected chi connectivity index (χ3v) is 2.79. The Bertz CT molecular complexity index is 537. The van der Waals surface area contributed by atoms with Crippen molar-refractivity contribution in [2.24, 2.45) is 0 Å². The summed E-state index contributed by atoms with van der Waals surface area (Å²) in [6, 6.07) is 13.5. The normalized spacial score (nSPS) is 12.8. The lowest BCUT2D eigenvalue weighted by Crippen LogP contribution is -1.96. The maximum absolute atomic E-state index is 9.80. The van der Waals surface area contributed by atoms with Gasteiger partial charge >= 0.3 is 0 Å². The third kappa shape index (κ3) is 1.37. The fourth-order valence-corrected chi connectivity index (χ4v) is 1.94. The largest absolute Gasteiger partial charge is 0.506 e. The van der Waals surface area contributed by atoms with E-state index in [-0.39, 0.29) is 5.75 Å². The van der Waals surface area contributed by atoms with Crippen molar-refractivity contribution in [3.63, 3.8) is 0 Å². The van der Waals surface area contributed by atoms with E-state index in [1.54, 1.807) is 6.07 Å². The van der Waals surface area contributed by atoms with Crippen LogP contribution in [0.15, 0.2) is 42.5 Å². The van der Waals surface area contributed by atoms with Crippen LogP contribution in [-0.2, 0) is 6.54 Å². The lowest BCUT2D eigenvalue weighted by Gasteiger charge is -2.10. The van der Waals surface area contributed by atoms with Gasteiger partial charge in [-0.05, 0) is 23.8 Å². The van der Waals surface area contributed by atoms with E-state index >= 15 is 0 Å². The minimum absolute atomic E-state index is 0.265. The second-order valence-electron chi connectivity index (χ2n) is 3.84. The molecule has 16 heavy (non-hydrogen) atoms. The summed E-state index contributed by atoms with van der Waals surface area (Å²) in [6.45, 7) is 0.764. The number of aromatic hydroxyl groups is 1. The van der Waals surface area contributed by atoms with E-state index in [0.29, 0.717) is 0 Å². The molecular weight excluding hydrogens is 200 g/mol. The van der Waals surface area contributed by atoms with E-state index in [9.17, 15) is 5.11 Å². The van der Waals surface area contributed by atoms with Gasteiger partial charge in [0.25, 0.3) is 0 Å². The first-order valence-electron chi connectivity index (χ1n) is 5.25. The Hall–Kier alpha value is -2.16. The smallest absolute Gasteiger partial charge is 0.141 e. The maximum atomic E-state index is 9.80. The van der Waals surface area contributed by atoms with Crippen LogP contribution in [-0.4, -0.2) is 5.11 Å². The standard InChI is InChI=1S/C13H12N2O/c16-12-7-3-6-11-13(12)15-10-5-2-1-4-9(10)8-14-11/h1-7,14-16H,8H2. The summed E-state index contributed by atoms with van der Waals surface area (Å²) in [7, 11) is 0. The molecule has 0 amide bonds. The van der Waals surface area contributed by atoms with Gasteiger partial charge in [0, 0.05) is 12.2 Å². The molecule has 0 fully saturated rings. The molecular formula is C13H12N2O. The van der Waals surface area contributed by atoms with Crippen molar-refractivity contribution in [3.8, 4) is 5.75 Å². The monoisotopic (exact) mass is 212 g/mol. The van der Waals surface area contributed by atoms with Crippen molar-refractivity contribution in [1.82, 2.24) is 0 Å². The summed E-state index contributed by atoms with van der Waals surface area (Å²) in [5, 5.41) is 16.4. The predicted octanol–water partition coefficient (Wildman–Crippen LogP) is 3.06. The summed E-state index contributed by atoms with van der Waals surface area (Å²) in [5.74, 6) is 0.265. The van der Waals surface area contributed by atoms with Crippen LogP contribution >= 0.6 is 0 Å². The first-order valence-corrected chi connectivity index (χ1v) is 5.25. The van der Waals surface area contributed by atoms with Gasteiger partial charge in [0.2, 0.25) is 0 Å². The Kier molecular flexibility index (Phi) is 1.96. The number of hydrogen-bond acceptors (Lipinski definition) is 3. The van der Waals surface area contributed by atoms with E-state index in [0.717, 1.165) is 23.6 Å². The zero-order valence-electron chi connectivity index (χ0n) is 8.70. The van der Waals surface area contributed by atoms with Crippen LogP contribution in [0.4, 0.5) is 17.1 Å². The quantitative estimate of drug-likeness (QED) is 0.588. The Morgan fingerprint density at radius 2 is 1.75 bits per heavy atom. The number of phenolic OH excluding ortho intramolecular Hbond substituents is 1. The number of phenols is 1. The van der Waals surface area contributed by atoms with E-state index in [4.69, 9.17) is 0 Å². The first kappa shape index (κ1) is 9.09. The Balaban J connectivity index is 2.13. The number of rotatable bonds is 0. The Morgan fingerprint density at radius 3 is 2.69 bits per heavy atom. The average molecular weight is 212 g/mol.